The Morgan fingerprint density at radius 1 is 1.56 bits per heavy atom. The summed E-state index contributed by atoms with van der Waals surface area (Å²) in [5, 5.41) is 9.80. The summed E-state index contributed by atoms with van der Waals surface area (Å²) in [7, 11) is 0. The van der Waals surface area contributed by atoms with E-state index in [2.05, 4.69) is 0 Å². The molecule has 3 atom stereocenters. The van der Waals surface area contributed by atoms with Crippen molar-refractivity contribution < 1.29 is 14.6 Å². The molecule has 1 fully saturated rings. The van der Waals surface area contributed by atoms with Crippen molar-refractivity contribution in [1.29, 1.82) is 0 Å². The van der Waals surface area contributed by atoms with E-state index >= 15 is 0 Å². The van der Waals surface area contributed by atoms with Gasteiger partial charge in [-0.3, -0.25) is 0 Å². The molecule has 0 aromatic rings. The van der Waals surface area contributed by atoms with Gasteiger partial charge in [-0.2, -0.15) is 0 Å². The van der Waals surface area contributed by atoms with Crippen LogP contribution in [0.5, 0.6) is 0 Å². The summed E-state index contributed by atoms with van der Waals surface area (Å²) in [6, 6.07) is -0.0654. The van der Waals surface area contributed by atoms with Gasteiger partial charge in [0.25, 0.3) is 0 Å². The minimum Gasteiger partial charge on any atom is -0.450 e. The minimum atomic E-state index is -0.386. The smallest absolute Gasteiger partial charge is 0.409 e. The number of aliphatic hydroxyl groups is 1. The molecule has 1 aliphatic heterocycles. The summed E-state index contributed by atoms with van der Waals surface area (Å²) >= 11 is 0. The Morgan fingerprint density at radius 3 is 2.81 bits per heavy atom. The van der Waals surface area contributed by atoms with E-state index in [9.17, 15) is 9.90 Å². The fourth-order valence-electron chi connectivity index (χ4n) is 2.15. The molecular formula is C11H22N2O3. The molecule has 1 saturated heterocycles. The third kappa shape index (κ3) is 3.35. The molecule has 94 valence electrons. The van der Waals surface area contributed by atoms with Gasteiger partial charge in [-0.05, 0) is 19.8 Å². The molecule has 0 spiro atoms. The first-order chi connectivity index (χ1) is 7.58. The number of hydrogen-bond donors (Lipinski definition) is 2. The zero-order valence-electron chi connectivity index (χ0n) is 10.1. The quantitative estimate of drug-likeness (QED) is 0.743. The van der Waals surface area contributed by atoms with Crippen LogP contribution in [0, 0.1) is 5.92 Å². The van der Waals surface area contributed by atoms with Crippen molar-refractivity contribution >= 4 is 6.09 Å². The predicted octanol–water partition coefficient (Wildman–Crippen LogP) is 0.563. The predicted molar refractivity (Wildman–Crippen MR) is 61.0 cm³/mol. The second kappa shape index (κ2) is 6.06. The monoisotopic (exact) mass is 230 g/mol. The molecule has 0 radical (unpaired) electrons. The number of nitrogens with zero attached hydrogens (tertiary/aromatic N) is 1. The summed E-state index contributed by atoms with van der Waals surface area (Å²) < 4.78 is 4.94. The lowest BCUT2D eigenvalue weighted by molar-refractivity contribution is 0.0337. The van der Waals surface area contributed by atoms with Gasteiger partial charge in [0.15, 0.2) is 0 Å². The van der Waals surface area contributed by atoms with Crippen molar-refractivity contribution in [2.75, 3.05) is 19.7 Å². The van der Waals surface area contributed by atoms with Gasteiger partial charge in [-0.1, -0.05) is 6.92 Å². The highest BCUT2D eigenvalue weighted by Gasteiger charge is 2.32. The first-order valence-corrected chi connectivity index (χ1v) is 5.93. The molecule has 0 saturated carbocycles. The van der Waals surface area contributed by atoms with E-state index < -0.39 is 0 Å². The Morgan fingerprint density at radius 2 is 2.25 bits per heavy atom. The van der Waals surface area contributed by atoms with Crippen LogP contribution in [0.1, 0.15) is 26.7 Å². The minimum absolute atomic E-state index is 0.0654. The fraction of sp³-hybridized carbons (Fsp3) is 0.909. The molecule has 1 rings (SSSR count). The first-order valence-electron chi connectivity index (χ1n) is 5.93. The van der Waals surface area contributed by atoms with Crippen LogP contribution in [0.2, 0.25) is 0 Å². The number of piperidine rings is 1. The van der Waals surface area contributed by atoms with Gasteiger partial charge in [0.05, 0.1) is 12.7 Å². The topological polar surface area (TPSA) is 75.8 Å². The lowest BCUT2D eigenvalue weighted by Gasteiger charge is -2.37. The number of ether oxygens (including phenoxy) is 1. The number of aliphatic hydroxyl groups excluding tert-OH is 1. The molecule has 0 bridgehead atoms. The molecular weight excluding hydrogens is 208 g/mol. The number of carbonyl (C=O) groups excluding carboxylic acids is 1. The SMILES string of the molecule is CCOC(=O)N1CC(N)CC(C(O)CC)C1. The Balaban J connectivity index is 2.56. The lowest BCUT2D eigenvalue weighted by Crippen LogP contribution is -2.52. The highest BCUT2D eigenvalue weighted by Crippen LogP contribution is 2.21. The normalized spacial score (nSPS) is 27.6. The average molecular weight is 230 g/mol. The Kier molecular flexibility index (Phi) is 5.02. The molecule has 1 aliphatic rings. The third-order valence-electron chi connectivity index (χ3n) is 3.00. The Hall–Kier alpha value is -0.810. The van der Waals surface area contributed by atoms with Crippen LogP contribution < -0.4 is 5.73 Å². The van der Waals surface area contributed by atoms with Gasteiger partial charge < -0.3 is 20.5 Å². The van der Waals surface area contributed by atoms with Crippen molar-refractivity contribution in [2.45, 2.75) is 38.8 Å². The highest BCUT2D eigenvalue weighted by atomic mass is 16.6. The van der Waals surface area contributed by atoms with Gasteiger partial charge in [-0.25, -0.2) is 4.79 Å². The average Bonchev–Trinajstić information content (AvgIpc) is 2.27. The third-order valence-corrected chi connectivity index (χ3v) is 3.00. The highest BCUT2D eigenvalue weighted by molar-refractivity contribution is 5.67. The summed E-state index contributed by atoms with van der Waals surface area (Å²) in [5.41, 5.74) is 5.88. The van der Waals surface area contributed by atoms with Crippen LogP contribution in [0.4, 0.5) is 4.79 Å². The number of likely N-dealkylation sites (tertiary alicyclic amines) is 1. The van der Waals surface area contributed by atoms with Crippen molar-refractivity contribution in [1.82, 2.24) is 4.90 Å². The standard InChI is InChI=1S/C11H22N2O3/c1-3-10(14)8-5-9(12)7-13(6-8)11(15)16-4-2/h8-10,14H,3-7,12H2,1-2H3. The van der Waals surface area contributed by atoms with Gasteiger partial charge in [0.1, 0.15) is 0 Å². The summed E-state index contributed by atoms with van der Waals surface area (Å²) in [5.74, 6) is 0.0677. The maximum absolute atomic E-state index is 11.6. The largest absolute Gasteiger partial charge is 0.450 e. The van der Waals surface area contributed by atoms with Gasteiger partial charge >= 0.3 is 6.09 Å². The maximum atomic E-state index is 11.6. The second-order valence-electron chi connectivity index (χ2n) is 4.34. The number of rotatable bonds is 3. The van der Waals surface area contributed by atoms with Gasteiger partial charge in [-0.15, -0.1) is 0 Å². The van der Waals surface area contributed by atoms with Crippen molar-refractivity contribution in [3.63, 3.8) is 0 Å². The van der Waals surface area contributed by atoms with E-state index in [-0.39, 0.29) is 24.2 Å². The van der Waals surface area contributed by atoms with Gasteiger partial charge in [0.2, 0.25) is 0 Å². The van der Waals surface area contributed by atoms with Crippen LogP contribution in [-0.4, -0.2) is 47.9 Å². The van der Waals surface area contributed by atoms with Crippen molar-refractivity contribution in [2.24, 2.45) is 11.7 Å². The first kappa shape index (κ1) is 13.3. The molecule has 1 heterocycles. The van der Waals surface area contributed by atoms with Crippen molar-refractivity contribution in [3.8, 4) is 0 Å². The molecule has 0 aliphatic carbocycles. The molecule has 1 amide bonds. The molecule has 16 heavy (non-hydrogen) atoms. The van der Waals surface area contributed by atoms with E-state index in [1.165, 1.54) is 0 Å². The number of amides is 1. The van der Waals surface area contributed by atoms with Gasteiger partial charge in [0, 0.05) is 25.0 Å². The van der Waals surface area contributed by atoms with Crippen LogP contribution in [0.25, 0.3) is 0 Å². The zero-order valence-corrected chi connectivity index (χ0v) is 10.1. The lowest BCUT2D eigenvalue weighted by atomic mass is 9.89. The van der Waals surface area contributed by atoms with E-state index in [0.29, 0.717) is 26.1 Å². The van der Waals surface area contributed by atoms with E-state index in [1.807, 2.05) is 6.92 Å². The molecule has 5 nitrogen and oxygen atoms in total. The van der Waals surface area contributed by atoms with Crippen LogP contribution in [-0.2, 0) is 4.74 Å². The van der Waals surface area contributed by atoms with E-state index in [4.69, 9.17) is 10.5 Å². The molecule has 3 N–H and O–H groups in total. The molecule has 0 aromatic carbocycles. The molecule has 3 unspecified atom stereocenters. The summed E-state index contributed by atoms with van der Waals surface area (Å²) in [4.78, 5) is 13.2. The number of nitrogens with two attached hydrogens (primary N) is 1. The van der Waals surface area contributed by atoms with Crippen LogP contribution in [0.15, 0.2) is 0 Å². The Labute approximate surface area is 96.6 Å². The Bertz CT molecular complexity index is 235. The zero-order chi connectivity index (χ0) is 12.1. The van der Waals surface area contributed by atoms with Crippen LogP contribution in [0.3, 0.4) is 0 Å². The summed E-state index contributed by atoms with van der Waals surface area (Å²) in [6.45, 7) is 5.14. The van der Waals surface area contributed by atoms with E-state index in [1.54, 1.807) is 11.8 Å². The molecule has 0 aromatic heterocycles. The fourth-order valence-corrected chi connectivity index (χ4v) is 2.15. The second-order valence-corrected chi connectivity index (χ2v) is 4.34. The summed E-state index contributed by atoms with van der Waals surface area (Å²) in [6.07, 6.45) is 0.744. The maximum Gasteiger partial charge on any atom is 0.409 e. The number of carbonyl (C=O) groups is 1. The van der Waals surface area contributed by atoms with Crippen molar-refractivity contribution in [3.05, 3.63) is 0 Å². The molecule has 5 heteroatoms. The number of hydrogen-bond acceptors (Lipinski definition) is 4. The van der Waals surface area contributed by atoms with E-state index in [0.717, 1.165) is 6.42 Å². The van der Waals surface area contributed by atoms with Crippen LogP contribution >= 0.6 is 0 Å².